The van der Waals surface area contributed by atoms with Crippen LogP contribution in [0.1, 0.15) is 11.1 Å². The summed E-state index contributed by atoms with van der Waals surface area (Å²) in [5.41, 5.74) is 9.84. The number of nitrogens with two attached hydrogens (primary N) is 1. The van der Waals surface area contributed by atoms with Gasteiger partial charge in [-0.25, -0.2) is 4.98 Å². The van der Waals surface area contributed by atoms with Gasteiger partial charge in [0.2, 0.25) is 0 Å². The highest BCUT2D eigenvalue weighted by atomic mass is 16.6. The number of nitro benzene ring substituents is 1. The van der Waals surface area contributed by atoms with Crippen LogP contribution < -0.4 is 5.73 Å². The van der Waals surface area contributed by atoms with E-state index in [-0.39, 0.29) is 11.5 Å². The van der Waals surface area contributed by atoms with Crippen LogP contribution in [0.25, 0.3) is 22.4 Å². The molecule has 1 heterocycles. The number of nitrogen functional groups attached to an aromatic ring is 1. The van der Waals surface area contributed by atoms with Gasteiger partial charge in [0.15, 0.2) is 0 Å². The quantitative estimate of drug-likeness (QED) is 0.575. The second kappa shape index (κ2) is 6.42. The summed E-state index contributed by atoms with van der Waals surface area (Å²) in [6, 6.07) is 17.7. The van der Waals surface area contributed by atoms with E-state index < -0.39 is 4.92 Å². The average Bonchev–Trinajstić information content (AvgIpc) is 2.61. The molecule has 0 atom stereocenters. The second-order valence-electron chi connectivity index (χ2n) is 5.55. The van der Waals surface area contributed by atoms with Gasteiger partial charge < -0.3 is 5.73 Å². The fourth-order valence-electron chi connectivity index (χ4n) is 2.70. The molecule has 3 aromatic rings. The molecular weight excluding hydrogens is 316 g/mol. The van der Waals surface area contributed by atoms with E-state index in [9.17, 15) is 15.4 Å². The van der Waals surface area contributed by atoms with Crippen molar-refractivity contribution in [1.82, 2.24) is 4.98 Å². The number of nitriles is 1. The smallest absolute Gasteiger partial charge is 0.270 e. The van der Waals surface area contributed by atoms with E-state index in [2.05, 4.69) is 11.1 Å². The summed E-state index contributed by atoms with van der Waals surface area (Å²) in [7, 11) is 0. The minimum Gasteiger partial charge on any atom is -0.383 e. The van der Waals surface area contributed by atoms with E-state index in [1.54, 1.807) is 18.2 Å². The minimum absolute atomic E-state index is 0.0281. The van der Waals surface area contributed by atoms with Crippen molar-refractivity contribution >= 4 is 11.5 Å². The molecule has 1 aromatic heterocycles. The monoisotopic (exact) mass is 330 g/mol. The largest absolute Gasteiger partial charge is 0.383 e. The summed E-state index contributed by atoms with van der Waals surface area (Å²) < 4.78 is 0. The number of nitro groups is 1. The third-order valence-electron chi connectivity index (χ3n) is 3.95. The van der Waals surface area contributed by atoms with Gasteiger partial charge in [-0.15, -0.1) is 0 Å². The van der Waals surface area contributed by atoms with Crippen LogP contribution in [0.4, 0.5) is 11.5 Å². The van der Waals surface area contributed by atoms with Gasteiger partial charge in [0.25, 0.3) is 5.69 Å². The molecule has 6 nitrogen and oxygen atoms in total. The molecule has 0 saturated carbocycles. The van der Waals surface area contributed by atoms with Crippen LogP contribution in [-0.2, 0) is 0 Å². The summed E-state index contributed by atoms with van der Waals surface area (Å²) in [5, 5.41) is 20.5. The molecular formula is C19H14N4O2. The van der Waals surface area contributed by atoms with Crippen LogP contribution in [0.3, 0.4) is 0 Å². The summed E-state index contributed by atoms with van der Waals surface area (Å²) in [4.78, 5) is 14.8. The highest BCUT2D eigenvalue weighted by molar-refractivity contribution is 5.81. The number of non-ortho nitro benzene ring substituents is 1. The predicted octanol–water partition coefficient (Wildman–Crippen LogP) is 4.09. The Balaban J connectivity index is 2.25. The molecule has 0 amide bonds. The van der Waals surface area contributed by atoms with Gasteiger partial charge in [-0.1, -0.05) is 36.4 Å². The number of aromatic nitrogens is 1. The molecule has 25 heavy (non-hydrogen) atoms. The van der Waals surface area contributed by atoms with E-state index in [1.807, 2.05) is 31.2 Å². The molecule has 0 spiro atoms. The first kappa shape index (κ1) is 16.1. The maximum atomic E-state index is 11.0. The summed E-state index contributed by atoms with van der Waals surface area (Å²) in [6.07, 6.45) is 0. The molecule has 122 valence electrons. The zero-order chi connectivity index (χ0) is 18.0. The number of hydrogen-bond donors (Lipinski definition) is 1. The van der Waals surface area contributed by atoms with Crippen molar-refractivity contribution in [3.63, 3.8) is 0 Å². The summed E-state index contributed by atoms with van der Waals surface area (Å²) in [5.74, 6) is 0.102. The third-order valence-corrected chi connectivity index (χ3v) is 3.95. The molecule has 0 aliphatic heterocycles. The van der Waals surface area contributed by atoms with Crippen LogP contribution in [0, 0.1) is 28.4 Å². The fraction of sp³-hybridized carbons (Fsp3) is 0.0526. The Bertz CT molecular complexity index is 1020. The van der Waals surface area contributed by atoms with Gasteiger partial charge in [-0.2, -0.15) is 5.26 Å². The number of nitrogens with zero attached hydrogens (tertiary/aromatic N) is 3. The van der Waals surface area contributed by atoms with Crippen molar-refractivity contribution in [3.05, 3.63) is 75.8 Å². The molecule has 0 aliphatic rings. The Hall–Kier alpha value is -3.72. The molecule has 0 saturated heterocycles. The second-order valence-corrected chi connectivity index (χ2v) is 5.55. The topological polar surface area (TPSA) is 106 Å². The van der Waals surface area contributed by atoms with Gasteiger partial charge in [0.05, 0.1) is 10.6 Å². The van der Waals surface area contributed by atoms with E-state index in [1.165, 1.54) is 12.1 Å². The van der Waals surface area contributed by atoms with E-state index in [0.29, 0.717) is 22.4 Å². The highest BCUT2D eigenvalue weighted by Crippen LogP contribution is 2.33. The van der Waals surface area contributed by atoms with Gasteiger partial charge in [-0.3, -0.25) is 10.1 Å². The zero-order valence-corrected chi connectivity index (χ0v) is 13.4. The maximum Gasteiger partial charge on any atom is 0.270 e. The van der Waals surface area contributed by atoms with Gasteiger partial charge in [0, 0.05) is 23.3 Å². The van der Waals surface area contributed by atoms with Crippen LogP contribution in [-0.4, -0.2) is 9.91 Å². The molecule has 6 heteroatoms. The first-order valence-electron chi connectivity index (χ1n) is 7.52. The lowest BCUT2D eigenvalue weighted by molar-refractivity contribution is -0.384. The highest BCUT2D eigenvalue weighted by Gasteiger charge is 2.16. The zero-order valence-electron chi connectivity index (χ0n) is 13.4. The fourth-order valence-corrected chi connectivity index (χ4v) is 2.70. The van der Waals surface area contributed by atoms with Gasteiger partial charge in [-0.05, 0) is 24.1 Å². The normalized spacial score (nSPS) is 10.2. The first-order valence-corrected chi connectivity index (χ1v) is 7.52. The van der Waals surface area contributed by atoms with Crippen LogP contribution in [0.2, 0.25) is 0 Å². The van der Waals surface area contributed by atoms with Crippen molar-refractivity contribution in [2.75, 3.05) is 5.73 Å². The molecule has 0 aliphatic carbocycles. The lowest BCUT2D eigenvalue weighted by Crippen LogP contribution is -2.00. The van der Waals surface area contributed by atoms with Crippen molar-refractivity contribution in [2.24, 2.45) is 0 Å². The van der Waals surface area contributed by atoms with Crippen LogP contribution in [0.15, 0.2) is 54.6 Å². The Kier molecular flexibility index (Phi) is 4.14. The van der Waals surface area contributed by atoms with E-state index in [4.69, 9.17) is 5.73 Å². The number of anilines is 1. The molecule has 2 aromatic carbocycles. The Morgan fingerprint density at radius 3 is 2.56 bits per heavy atom. The van der Waals surface area contributed by atoms with Crippen LogP contribution in [0.5, 0.6) is 0 Å². The Morgan fingerprint density at radius 1 is 1.12 bits per heavy atom. The van der Waals surface area contributed by atoms with E-state index in [0.717, 1.165) is 11.1 Å². The number of benzene rings is 2. The summed E-state index contributed by atoms with van der Waals surface area (Å²) in [6.45, 7) is 1.94. The van der Waals surface area contributed by atoms with Crippen molar-refractivity contribution in [3.8, 4) is 28.5 Å². The Morgan fingerprint density at radius 2 is 1.88 bits per heavy atom. The third kappa shape index (κ3) is 3.03. The van der Waals surface area contributed by atoms with Gasteiger partial charge in [0.1, 0.15) is 17.5 Å². The molecule has 0 fully saturated rings. The van der Waals surface area contributed by atoms with E-state index >= 15 is 0 Å². The molecule has 0 radical (unpaired) electrons. The maximum absolute atomic E-state index is 11.0. The molecule has 3 rings (SSSR count). The standard InChI is InChI=1S/C19H14N4O2/c1-12-5-2-3-8-15(12)16-10-18(22-19(21)17(16)11-20)13-6-4-7-14(9-13)23(24)25/h2-10H,1H3,(H2,21,22). The molecule has 0 bridgehead atoms. The first-order chi connectivity index (χ1) is 12.0. The minimum atomic E-state index is -0.460. The van der Waals surface area contributed by atoms with Crippen LogP contribution >= 0.6 is 0 Å². The van der Waals surface area contributed by atoms with Crippen molar-refractivity contribution < 1.29 is 4.92 Å². The number of aryl methyl sites for hydroxylation is 1. The van der Waals surface area contributed by atoms with Crippen molar-refractivity contribution in [1.29, 1.82) is 5.26 Å². The number of hydrogen-bond acceptors (Lipinski definition) is 5. The lowest BCUT2D eigenvalue weighted by atomic mass is 9.95. The average molecular weight is 330 g/mol. The van der Waals surface area contributed by atoms with Gasteiger partial charge >= 0.3 is 0 Å². The molecule has 0 unspecified atom stereocenters. The lowest BCUT2D eigenvalue weighted by Gasteiger charge is -2.12. The predicted molar refractivity (Wildman–Crippen MR) is 95.6 cm³/mol. The molecule has 2 N–H and O–H groups in total. The SMILES string of the molecule is Cc1ccccc1-c1cc(-c2cccc([N+](=O)[O-])c2)nc(N)c1C#N. The number of rotatable bonds is 3. The van der Waals surface area contributed by atoms with Crippen molar-refractivity contribution in [2.45, 2.75) is 6.92 Å². The Labute approximate surface area is 144 Å². The summed E-state index contributed by atoms with van der Waals surface area (Å²) >= 11 is 0. The number of pyridine rings is 1.